The molecule has 0 saturated heterocycles. The zero-order valence-corrected chi connectivity index (χ0v) is 14.9. The predicted octanol–water partition coefficient (Wildman–Crippen LogP) is 4.17. The summed E-state index contributed by atoms with van der Waals surface area (Å²) in [5.41, 5.74) is -0.618. The van der Waals surface area contributed by atoms with E-state index < -0.39 is 23.6 Å². The van der Waals surface area contributed by atoms with Gasteiger partial charge in [0.15, 0.2) is 0 Å². The van der Waals surface area contributed by atoms with Crippen molar-refractivity contribution in [2.24, 2.45) is 0 Å². The van der Waals surface area contributed by atoms with Crippen molar-refractivity contribution in [3.8, 4) is 0 Å². The monoisotopic (exact) mass is 393 g/mol. The maximum Gasteiger partial charge on any atom is 0.417 e. The van der Waals surface area contributed by atoms with E-state index in [1.165, 1.54) is 27.7 Å². The Balaban J connectivity index is 1.87. The predicted molar refractivity (Wildman–Crippen MR) is 92.9 cm³/mol. The van der Waals surface area contributed by atoms with Gasteiger partial charge in [0.1, 0.15) is 0 Å². The van der Waals surface area contributed by atoms with E-state index in [2.05, 4.69) is 5.32 Å². The zero-order chi connectivity index (χ0) is 18.4. The number of rotatable bonds is 9. The molecule has 1 aliphatic rings. The summed E-state index contributed by atoms with van der Waals surface area (Å²) in [6.07, 6.45) is -2.75. The number of carboxylic acids is 1. The first-order valence-electron chi connectivity index (χ1n) is 7.74. The van der Waals surface area contributed by atoms with Crippen LogP contribution >= 0.6 is 21.6 Å². The number of hydrogen-bond acceptors (Lipinski definition) is 4. The molecule has 1 aromatic rings. The Bertz CT molecular complexity index is 634. The van der Waals surface area contributed by atoms with Gasteiger partial charge in [-0.15, -0.1) is 0 Å². The number of nitrogens with one attached hydrogen (secondary N) is 1. The molecule has 0 aliphatic heterocycles. The molecule has 4 nitrogen and oxygen atoms in total. The largest absolute Gasteiger partial charge is 0.481 e. The van der Waals surface area contributed by atoms with Crippen LogP contribution in [0.5, 0.6) is 0 Å². The first-order chi connectivity index (χ1) is 11.8. The van der Waals surface area contributed by atoms with Gasteiger partial charge in [0.2, 0.25) is 0 Å². The van der Waals surface area contributed by atoms with Gasteiger partial charge < -0.3 is 10.4 Å². The quantitative estimate of drug-likeness (QED) is 0.487. The van der Waals surface area contributed by atoms with E-state index in [1.54, 1.807) is 6.07 Å². The Labute approximate surface area is 151 Å². The van der Waals surface area contributed by atoms with E-state index in [-0.39, 0.29) is 24.4 Å². The van der Waals surface area contributed by atoms with Crippen molar-refractivity contribution in [3.63, 3.8) is 0 Å². The van der Waals surface area contributed by atoms with Gasteiger partial charge in [0, 0.05) is 18.1 Å². The van der Waals surface area contributed by atoms with Gasteiger partial charge in [-0.1, -0.05) is 27.7 Å². The Morgan fingerprint density at radius 3 is 2.48 bits per heavy atom. The molecule has 2 rings (SSSR count). The minimum atomic E-state index is -4.57. The molecule has 0 radical (unpaired) electrons. The Hall–Kier alpha value is -1.35. The summed E-state index contributed by atoms with van der Waals surface area (Å²) in [5.74, 6) is -0.522. The van der Waals surface area contributed by atoms with Crippen molar-refractivity contribution in [2.75, 3.05) is 18.1 Å². The number of carbonyl (C=O) groups excluding carboxylic acids is 1. The smallest absolute Gasteiger partial charge is 0.417 e. The maximum atomic E-state index is 13.2. The molecule has 1 fully saturated rings. The van der Waals surface area contributed by atoms with Gasteiger partial charge in [0.05, 0.1) is 17.5 Å². The van der Waals surface area contributed by atoms with Gasteiger partial charge >= 0.3 is 12.1 Å². The second-order valence-corrected chi connectivity index (χ2v) is 8.32. The van der Waals surface area contributed by atoms with Crippen LogP contribution in [0, 0.1) is 0 Å². The Morgan fingerprint density at radius 2 is 1.88 bits per heavy atom. The van der Waals surface area contributed by atoms with Crippen LogP contribution in [-0.4, -0.2) is 35.0 Å². The fourth-order valence-corrected chi connectivity index (χ4v) is 4.10. The number of alkyl halides is 3. The van der Waals surface area contributed by atoms with E-state index in [9.17, 15) is 22.8 Å². The summed E-state index contributed by atoms with van der Waals surface area (Å²) in [7, 11) is 2.73. The molecule has 1 saturated carbocycles. The molecular weight excluding hydrogens is 375 g/mol. The third-order valence-corrected chi connectivity index (χ3v) is 6.00. The minimum Gasteiger partial charge on any atom is -0.481 e. The molecule has 0 aromatic heterocycles. The number of benzene rings is 1. The highest BCUT2D eigenvalue weighted by Crippen LogP contribution is 2.42. The molecule has 0 bridgehead atoms. The molecule has 138 valence electrons. The molecule has 0 unspecified atom stereocenters. The lowest BCUT2D eigenvalue weighted by Gasteiger charge is -2.14. The van der Waals surface area contributed by atoms with Gasteiger partial charge in [-0.05, 0) is 36.5 Å². The second-order valence-electron chi connectivity index (χ2n) is 5.62. The summed E-state index contributed by atoms with van der Waals surface area (Å²) in [6.45, 7) is 0.214. The summed E-state index contributed by atoms with van der Waals surface area (Å²) in [4.78, 5) is 22.4. The summed E-state index contributed by atoms with van der Waals surface area (Å²) in [5, 5.41) is 11.0. The number of carboxylic acid groups (broad SMARTS) is 1. The van der Waals surface area contributed by atoms with Gasteiger partial charge in [-0.3, -0.25) is 9.59 Å². The molecule has 1 aliphatic carbocycles. The van der Waals surface area contributed by atoms with Crippen molar-refractivity contribution in [1.29, 1.82) is 0 Å². The lowest BCUT2D eigenvalue weighted by atomic mass is 10.0. The highest BCUT2D eigenvalue weighted by Gasteiger charge is 2.37. The molecular formula is C16H18F3NO3S2. The van der Waals surface area contributed by atoms with Crippen LogP contribution < -0.4 is 5.32 Å². The summed E-state index contributed by atoms with van der Waals surface area (Å²) >= 11 is 0. The van der Waals surface area contributed by atoms with E-state index >= 15 is 0 Å². The van der Waals surface area contributed by atoms with Crippen LogP contribution in [0.1, 0.15) is 46.7 Å². The third-order valence-electron chi connectivity index (χ3n) is 3.60. The summed E-state index contributed by atoms with van der Waals surface area (Å²) < 4.78 is 39.7. The molecule has 9 heteroatoms. The lowest BCUT2D eigenvalue weighted by Crippen LogP contribution is -2.28. The number of hydrogen-bond donors (Lipinski definition) is 2. The number of halogens is 3. The van der Waals surface area contributed by atoms with Crippen LogP contribution in [0.15, 0.2) is 18.2 Å². The zero-order valence-electron chi connectivity index (χ0n) is 13.3. The third kappa shape index (κ3) is 6.47. The summed E-state index contributed by atoms with van der Waals surface area (Å²) in [6, 6.07) is 3.93. The van der Waals surface area contributed by atoms with Gasteiger partial charge in [0.25, 0.3) is 5.91 Å². The standard InChI is InChI=1S/C16H18F3NO3S2/c17-16(18,19)13-9-11(10-1-2-10)3-4-12(13)15(23)20-6-8-25-24-7-5-14(21)22/h3-4,9-10H,1-2,5-8H2,(H,20,23)(H,21,22). The SMILES string of the molecule is O=C(O)CCSSCCNC(=O)c1ccc(C2CC2)cc1C(F)(F)F. The topological polar surface area (TPSA) is 66.4 Å². The molecule has 1 amide bonds. The van der Waals surface area contributed by atoms with Crippen LogP contribution in [0.4, 0.5) is 13.2 Å². The van der Waals surface area contributed by atoms with Gasteiger partial charge in [-0.25, -0.2) is 0 Å². The van der Waals surface area contributed by atoms with Crippen molar-refractivity contribution >= 4 is 33.5 Å². The van der Waals surface area contributed by atoms with E-state index in [0.29, 0.717) is 17.1 Å². The first-order valence-corrected chi connectivity index (χ1v) is 10.2. The number of amides is 1. The average Bonchev–Trinajstić information content (AvgIpc) is 3.37. The van der Waals surface area contributed by atoms with Crippen molar-refractivity contribution in [3.05, 3.63) is 34.9 Å². The molecule has 2 N–H and O–H groups in total. The van der Waals surface area contributed by atoms with Crippen molar-refractivity contribution < 1.29 is 27.9 Å². The molecule has 0 atom stereocenters. The van der Waals surface area contributed by atoms with Crippen LogP contribution in [0.3, 0.4) is 0 Å². The average molecular weight is 393 g/mol. The van der Waals surface area contributed by atoms with Crippen LogP contribution in [0.2, 0.25) is 0 Å². The van der Waals surface area contributed by atoms with Crippen LogP contribution in [-0.2, 0) is 11.0 Å². The highest BCUT2D eigenvalue weighted by atomic mass is 33.1. The van der Waals surface area contributed by atoms with Gasteiger partial charge in [-0.2, -0.15) is 13.2 Å². The van der Waals surface area contributed by atoms with E-state index in [4.69, 9.17) is 5.11 Å². The Kier molecular flexibility index (Phi) is 7.06. The van der Waals surface area contributed by atoms with E-state index in [1.807, 2.05) is 0 Å². The van der Waals surface area contributed by atoms with Crippen molar-refractivity contribution in [2.45, 2.75) is 31.4 Å². The fourth-order valence-electron chi connectivity index (χ4n) is 2.21. The fraction of sp³-hybridized carbons (Fsp3) is 0.500. The number of aliphatic carboxylic acids is 1. The molecule has 25 heavy (non-hydrogen) atoms. The normalized spacial score (nSPS) is 14.4. The molecule has 1 aromatic carbocycles. The lowest BCUT2D eigenvalue weighted by molar-refractivity contribution is -0.138. The van der Waals surface area contributed by atoms with Crippen LogP contribution in [0.25, 0.3) is 0 Å². The maximum absolute atomic E-state index is 13.2. The van der Waals surface area contributed by atoms with Crippen molar-refractivity contribution in [1.82, 2.24) is 5.32 Å². The highest BCUT2D eigenvalue weighted by molar-refractivity contribution is 8.76. The Morgan fingerprint density at radius 1 is 1.20 bits per heavy atom. The first kappa shape index (κ1) is 20.0. The van der Waals surface area contributed by atoms with E-state index in [0.717, 1.165) is 18.9 Å². The number of carbonyl (C=O) groups is 2. The molecule has 0 heterocycles. The second kappa shape index (κ2) is 8.84. The molecule has 0 spiro atoms. The minimum absolute atomic E-state index is 0.0479.